The Morgan fingerprint density at radius 2 is 2.05 bits per heavy atom. The van der Waals surface area contributed by atoms with Gasteiger partial charge in [0.1, 0.15) is 13.2 Å². The number of amides is 2. The summed E-state index contributed by atoms with van der Waals surface area (Å²) in [6, 6.07) is 7.06. The van der Waals surface area contributed by atoms with Crippen molar-refractivity contribution in [2.45, 2.75) is 13.3 Å². The van der Waals surface area contributed by atoms with E-state index in [0.717, 1.165) is 18.7 Å². The van der Waals surface area contributed by atoms with Crippen LogP contribution in [-0.2, 0) is 9.59 Å². The zero-order valence-corrected chi connectivity index (χ0v) is 12.3. The highest BCUT2D eigenvalue weighted by molar-refractivity contribution is 6.30. The predicted molar refractivity (Wildman–Crippen MR) is 77.5 cm³/mol. The van der Waals surface area contributed by atoms with Crippen molar-refractivity contribution >= 4 is 29.1 Å². The van der Waals surface area contributed by atoms with E-state index in [1.54, 1.807) is 34.1 Å². The SMILES string of the molecule is CCC[NH2+]CC(=O)N1CC(=O)N(c2ccc(Cl)cc2)C1. The number of benzene rings is 1. The zero-order valence-electron chi connectivity index (χ0n) is 11.5. The molecule has 2 N–H and O–H groups in total. The third-order valence-electron chi connectivity index (χ3n) is 3.24. The second-order valence-corrected chi connectivity index (χ2v) is 5.25. The van der Waals surface area contributed by atoms with Gasteiger partial charge in [-0.3, -0.25) is 14.5 Å². The Morgan fingerprint density at radius 3 is 2.70 bits per heavy atom. The summed E-state index contributed by atoms with van der Waals surface area (Å²) >= 11 is 5.83. The van der Waals surface area contributed by atoms with Crippen LogP contribution in [0.2, 0.25) is 5.02 Å². The monoisotopic (exact) mass is 296 g/mol. The van der Waals surface area contributed by atoms with Crippen LogP contribution in [0.1, 0.15) is 13.3 Å². The summed E-state index contributed by atoms with van der Waals surface area (Å²) in [6.07, 6.45) is 1.03. The molecule has 2 rings (SSSR count). The van der Waals surface area contributed by atoms with Crippen molar-refractivity contribution in [1.82, 2.24) is 4.90 Å². The molecule has 6 heteroatoms. The molecular weight excluding hydrogens is 278 g/mol. The van der Waals surface area contributed by atoms with Gasteiger partial charge in [0.05, 0.1) is 6.54 Å². The number of hydrogen-bond donors (Lipinski definition) is 1. The molecule has 0 aromatic heterocycles. The maximum atomic E-state index is 12.0. The van der Waals surface area contributed by atoms with E-state index in [0.29, 0.717) is 18.2 Å². The lowest BCUT2D eigenvalue weighted by Crippen LogP contribution is -2.86. The van der Waals surface area contributed by atoms with Gasteiger partial charge in [0.25, 0.3) is 5.91 Å². The van der Waals surface area contributed by atoms with Gasteiger partial charge in [0.15, 0.2) is 6.54 Å². The van der Waals surface area contributed by atoms with Crippen LogP contribution in [0.3, 0.4) is 0 Å². The molecule has 108 valence electrons. The largest absolute Gasteiger partial charge is 0.338 e. The molecule has 1 aromatic carbocycles. The van der Waals surface area contributed by atoms with E-state index in [-0.39, 0.29) is 18.4 Å². The van der Waals surface area contributed by atoms with Gasteiger partial charge in [-0.05, 0) is 30.7 Å². The molecule has 2 amide bonds. The summed E-state index contributed by atoms with van der Waals surface area (Å²) in [6.45, 7) is 3.87. The average Bonchev–Trinajstić information content (AvgIpc) is 2.82. The number of quaternary nitrogens is 1. The van der Waals surface area contributed by atoms with Crippen molar-refractivity contribution < 1.29 is 14.9 Å². The van der Waals surface area contributed by atoms with Crippen molar-refractivity contribution in [2.75, 3.05) is 31.2 Å². The smallest absolute Gasteiger partial charge is 0.279 e. The van der Waals surface area contributed by atoms with E-state index in [2.05, 4.69) is 6.92 Å². The Labute approximate surface area is 123 Å². The fraction of sp³-hybridized carbons (Fsp3) is 0.429. The van der Waals surface area contributed by atoms with Gasteiger partial charge in [-0.25, -0.2) is 0 Å². The molecule has 0 radical (unpaired) electrons. The molecule has 5 nitrogen and oxygen atoms in total. The molecular formula is C14H19ClN3O2+. The van der Waals surface area contributed by atoms with E-state index in [4.69, 9.17) is 11.6 Å². The fourth-order valence-electron chi connectivity index (χ4n) is 2.12. The summed E-state index contributed by atoms with van der Waals surface area (Å²) in [4.78, 5) is 27.2. The minimum Gasteiger partial charge on any atom is -0.338 e. The molecule has 20 heavy (non-hydrogen) atoms. The van der Waals surface area contributed by atoms with Crippen LogP contribution in [0.5, 0.6) is 0 Å². The Morgan fingerprint density at radius 1 is 1.35 bits per heavy atom. The van der Waals surface area contributed by atoms with Crippen LogP contribution in [0, 0.1) is 0 Å². The first-order chi connectivity index (χ1) is 9.61. The number of halogens is 1. The predicted octanol–water partition coefficient (Wildman–Crippen LogP) is 0.446. The molecule has 0 saturated carbocycles. The van der Waals surface area contributed by atoms with Gasteiger partial charge in [-0.2, -0.15) is 0 Å². The highest BCUT2D eigenvalue weighted by Crippen LogP contribution is 2.21. The van der Waals surface area contributed by atoms with Crippen LogP contribution in [-0.4, -0.2) is 43.0 Å². The number of carbonyl (C=O) groups excluding carboxylic acids is 2. The van der Waals surface area contributed by atoms with Crippen LogP contribution >= 0.6 is 11.6 Å². The number of rotatable bonds is 5. The zero-order chi connectivity index (χ0) is 14.5. The number of anilines is 1. The topological polar surface area (TPSA) is 57.2 Å². The van der Waals surface area contributed by atoms with Gasteiger partial charge >= 0.3 is 0 Å². The quantitative estimate of drug-likeness (QED) is 0.802. The van der Waals surface area contributed by atoms with Crippen molar-refractivity contribution in [2.24, 2.45) is 0 Å². The summed E-state index contributed by atoms with van der Waals surface area (Å²) < 4.78 is 0. The molecule has 1 aliphatic rings. The second-order valence-electron chi connectivity index (χ2n) is 4.81. The maximum Gasteiger partial charge on any atom is 0.279 e. The minimum absolute atomic E-state index is 0.00302. The number of hydrogen-bond acceptors (Lipinski definition) is 2. The first kappa shape index (κ1) is 14.8. The lowest BCUT2D eigenvalue weighted by molar-refractivity contribution is -0.644. The maximum absolute atomic E-state index is 12.0. The molecule has 0 spiro atoms. The molecule has 0 aliphatic carbocycles. The Kier molecular flexibility index (Phi) is 4.98. The molecule has 1 heterocycles. The van der Waals surface area contributed by atoms with Crippen molar-refractivity contribution in [1.29, 1.82) is 0 Å². The highest BCUT2D eigenvalue weighted by atomic mass is 35.5. The number of nitrogens with two attached hydrogens (primary N) is 1. The molecule has 0 unspecified atom stereocenters. The highest BCUT2D eigenvalue weighted by Gasteiger charge is 2.31. The van der Waals surface area contributed by atoms with E-state index in [1.165, 1.54) is 0 Å². The van der Waals surface area contributed by atoms with Crippen LogP contribution < -0.4 is 10.2 Å². The normalized spacial score (nSPS) is 15.0. The van der Waals surface area contributed by atoms with Crippen LogP contribution in [0.25, 0.3) is 0 Å². The van der Waals surface area contributed by atoms with Crippen LogP contribution in [0.15, 0.2) is 24.3 Å². The summed E-state index contributed by atoms with van der Waals surface area (Å²) in [5, 5.41) is 2.60. The molecule has 1 saturated heterocycles. The lowest BCUT2D eigenvalue weighted by Gasteiger charge is -2.17. The lowest BCUT2D eigenvalue weighted by atomic mass is 10.3. The summed E-state index contributed by atoms with van der Waals surface area (Å²) in [5.41, 5.74) is 0.771. The van der Waals surface area contributed by atoms with Crippen molar-refractivity contribution in [3.63, 3.8) is 0 Å². The Hall–Kier alpha value is -1.59. The molecule has 0 atom stereocenters. The van der Waals surface area contributed by atoms with Gasteiger partial charge < -0.3 is 10.2 Å². The first-order valence-corrected chi connectivity index (χ1v) is 7.15. The average molecular weight is 297 g/mol. The second kappa shape index (κ2) is 6.72. The summed E-state index contributed by atoms with van der Waals surface area (Å²) in [5.74, 6) is -0.0561. The van der Waals surface area contributed by atoms with Crippen molar-refractivity contribution in [3.05, 3.63) is 29.3 Å². The molecule has 0 bridgehead atoms. The summed E-state index contributed by atoms with van der Waals surface area (Å²) in [7, 11) is 0. The number of carbonyl (C=O) groups is 2. The van der Waals surface area contributed by atoms with Gasteiger partial charge in [0, 0.05) is 10.7 Å². The van der Waals surface area contributed by atoms with E-state index in [1.807, 2.05) is 5.32 Å². The number of nitrogens with zero attached hydrogens (tertiary/aromatic N) is 2. The van der Waals surface area contributed by atoms with E-state index < -0.39 is 0 Å². The minimum atomic E-state index is -0.0591. The van der Waals surface area contributed by atoms with Crippen LogP contribution in [0.4, 0.5) is 5.69 Å². The molecule has 1 aliphatic heterocycles. The van der Waals surface area contributed by atoms with Gasteiger partial charge in [-0.15, -0.1) is 0 Å². The van der Waals surface area contributed by atoms with E-state index >= 15 is 0 Å². The first-order valence-electron chi connectivity index (χ1n) is 6.77. The molecule has 1 aromatic rings. The third-order valence-corrected chi connectivity index (χ3v) is 3.49. The standard InChI is InChI=1S/C14H18ClN3O2/c1-2-7-16-8-13(19)17-9-14(20)18(10-17)12-5-3-11(15)4-6-12/h3-6,16H,2,7-10H2,1H3/p+1. The van der Waals surface area contributed by atoms with Crippen molar-refractivity contribution in [3.8, 4) is 0 Å². The fourth-order valence-corrected chi connectivity index (χ4v) is 2.25. The third kappa shape index (κ3) is 3.49. The van der Waals surface area contributed by atoms with E-state index in [9.17, 15) is 9.59 Å². The molecule has 1 fully saturated rings. The Balaban J connectivity index is 1.96. The van der Waals surface area contributed by atoms with Gasteiger partial charge in [-0.1, -0.05) is 18.5 Å². The van der Waals surface area contributed by atoms with Gasteiger partial charge in [0.2, 0.25) is 5.91 Å². The Bertz CT molecular complexity index is 490.